The Balaban J connectivity index is 1.34. The van der Waals surface area contributed by atoms with Crippen LogP contribution in [0.3, 0.4) is 0 Å². The molecule has 2 heterocycles. The van der Waals surface area contributed by atoms with E-state index >= 15 is 0 Å². The number of amides is 2. The minimum absolute atomic E-state index is 0.00252. The highest BCUT2D eigenvalue weighted by atomic mass is 32.2. The molecular weight excluding hydrogens is 614 g/mol. The molecule has 246 valence electrons. The van der Waals surface area contributed by atoms with Gasteiger partial charge in [-0.3, -0.25) is 9.69 Å². The van der Waals surface area contributed by atoms with Crippen LogP contribution in [0.25, 0.3) is 0 Å². The highest BCUT2D eigenvalue weighted by Crippen LogP contribution is 2.35. The van der Waals surface area contributed by atoms with Crippen molar-refractivity contribution < 1.29 is 42.4 Å². The Hall–Kier alpha value is -4.17. The molecule has 46 heavy (non-hydrogen) atoms. The highest BCUT2D eigenvalue weighted by Gasteiger charge is 2.39. The highest BCUT2D eigenvalue weighted by molar-refractivity contribution is 7.89. The number of carbonyl (C=O) groups excluding carboxylic acids is 2. The quantitative estimate of drug-likeness (QED) is 0.252. The first-order valence-electron chi connectivity index (χ1n) is 15.1. The summed E-state index contributed by atoms with van der Waals surface area (Å²) in [4.78, 5) is 27.5. The summed E-state index contributed by atoms with van der Waals surface area (Å²) in [7, 11) is -4.08. The number of aliphatic hydroxyl groups excluding tert-OH is 2. The number of anilines is 1. The molecular formula is C33H39N3O9S. The second-order valence-corrected chi connectivity index (χ2v) is 13.8. The Morgan fingerprint density at radius 2 is 1.67 bits per heavy atom. The lowest BCUT2D eigenvalue weighted by molar-refractivity contribution is -0.129. The van der Waals surface area contributed by atoms with Crippen molar-refractivity contribution in [2.24, 2.45) is 5.92 Å². The fourth-order valence-corrected chi connectivity index (χ4v) is 7.01. The fourth-order valence-electron chi connectivity index (χ4n) is 5.37. The molecule has 13 heteroatoms. The minimum Gasteiger partial charge on any atom is -0.454 e. The molecule has 3 aromatic carbocycles. The first-order valence-corrected chi connectivity index (χ1v) is 16.5. The zero-order valence-corrected chi connectivity index (χ0v) is 26.7. The van der Waals surface area contributed by atoms with Crippen LogP contribution in [0.15, 0.2) is 77.7 Å². The van der Waals surface area contributed by atoms with E-state index < -0.39 is 46.4 Å². The van der Waals surface area contributed by atoms with Gasteiger partial charge >= 0.3 is 6.09 Å². The molecule has 2 amide bonds. The number of fused-ring (bicyclic) bond motifs is 1. The van der Waals surface area contributed by atoms with E-state index in [0.717, 1.165) is 5.56 Å². The summed E-state index contributed by atoms with van der Waals surface area (Å²) >= 11 is 0. The standard InChI is InChI=1S/C33H39N3O9S/c1-21(2)17-35(46(41,42)26-13-14-29-30(16-26)44-20-43-29)18-28(38)27(15-23-7-5-4-6-8-23)34-32(39)31-19-36(33(40)45-31)25-11-9-24(10-12-25)22(3)37/h4-14,16,21-22,27-28,31,37-38H,15,17-20H2,1-3H3,(H,34,39)/t22?,27-,28+,31-/m0/s1. The van der Waals surface area contributed by atoms with E-state index in [0.29, 0.717) is 22.7 Å². The number of carbonyl (C=O) groups is 2. The van der Waals surface area contributed by atoms with Crippen LogP contribution >= 0.6 is 0 Å². The summed E-state index contributed by atoms with van der Waals surface area (Å²) in [5, 5.41) is 24.2. The van der Waals surface area contributed by atoms with E-state index in [2.05, 4.69) is 5.32 Å². The number of cyclic esters (lactones) is 1. The lowest BCUT2D eigenvalue weighted by atomic mass is 10.0. The first kappa shape index (κ1) is 33.2. The van der Waals surface area contributed by atoms with Crippen molar-refractivity contribution in [2.45, 2.75) is 56.4 Å². The Morgan fingerprint density at radius 1 is 0.978 bits per heavy atom. The van der Waals surface area contributed by atoms with Crippen LogP contribution in [0.5, 0.6) is 11.5 Å². The van der Waals surface area contributed by atoms with Crippen LogP contribution in [0, 0.1) is 5.92 Å². The molecule has 3 aromatic rings. The van der Waals surface area contributed by atoms with E-state index in [1.807, 2.05) is 44.2 Å². The first-order chi connectivity index (χ1) is 21.9. The average molecular weight is 654 g/mol. The molecule has 2 aliphatic rings. The van der Waals surface area contributed by atoms with Gasteiger partial charge in [0.15, 0.2) is 17.6 Å². The van der Waals surface area contributed by atoms with E-state index in [4.69, 9.17) is 14.2 Å². The molecule has 1 saturated heterocycles. The van der Waals surface area contributed by atoms with Crippen LogP contribution in [0.1, 0.15) is 38.0 Å². The Bertz CT molecular complexity index is 1630. The Morgan fingerprint density at radius 3 is 2.35 bits per heavy atom. The van der Waals surface area contributed by atoms with Crippen molar-refractivity contribution in [1.82, 2.24) is 9.62 Å². The number of hydrogen-bond donors (Lipinski definition) is 3. The van der Waals surface area contributed by atoms with Gasteiger partial charge < -0.3 is 29.7 Å². The second kappa shape index (κ2) is 14.1. The van der Waals surface area contributed by atoms with E-state index in [9.17, 15) is 28.2 Å². The predicted octanol–water partition coefficient (Wildman–Crippen LogP) is 3.23. The van der Waals surface area contributed by atoms with Gasteiger partial charge in [-0.25, -0.2) is 13.2 Å². The number of benzene rings is 3. The summed E-state index contributed by atoms with van der Waals surface area (Å²) in [6.07, 6.45) is -3.68. The normalized spacial score (nSPS) is 18.0. The fraction of sp³-hybridized carbons (Fsp3) is 0.394. The summed E-state index contributed by atoms with van der Waals surface area (Å²) in [6, 6.07) is 19.3. The summed E-state index contributed by atoms with van der Waals surface area (Å²) < 4.78 is 45.0. The lowest BCUT2D eigenvalue weighted by Crippen LogP contribution is -2.53. The number of rotatable bonds is 13. The molecule has 0 aliphatic carbocycles. The summed E-state index contributed by atoms with van der Waals surface area (Å²) in [5.74, 6) is 0.0736. The monoisotopic (exact) mass is 653 g/mol. The van der Waals surface area contributed by atoms with E-state index in [1.54, 1.807) is 31.2 Å². The second-order valence-electron chi connectivity index (χ2n) is 11.9. The van der Waals surface area contributed by atoms with Crippen molar-refractivity contribution in [3.63, 3.8) is 0 Å². The van der Waals surface area contributed by atoms with Gasteiger partial charge in [0.25, 0.3) is 5.91 Å². The molecule has 0 radical (unpaired) electrons. The maximum Gasteiger partial charge on any atom is 0.415 e. The number of nitrogens with one attached hydrogen (secondary N) is 1. The molecule has 4 atom stereocenters. The molecule has 0 aromatic heterocycles. The average Bonchev–Trinajstić information content (AvgIpc) is 3.67. The topological polar surface area (TPSA) is 155 Å². The summed E-state index contributed by atoms with van der Waals surface area (Å²) in [6.45, 7) is 5.12. The minimum atomic E-state index is -4.08. The van der Waals surface area contributed by atoms with Gasteiger partial charge in [-0.1, -0.05) is 56.3 Å². The molecule has 12 nitrogen and oxygen atoms in total. The number of hydrogen-bond acceptors (Lipinski definition) is 9. The molecule has 0 saturated carbocycles. The smallest absolute Gasteiger partial charge is 0.415 e. The van der Waals surface area contributed by atoms with Gasteiger partial charge in [0.05, 0.1) is 29.7 Å². The third-order valence-corrected chi connectivity index (χ3v) is 9.65. The lowest BCUT2D eigenvalue weighted by Gasteiger charge is -2.31. The molecule has 0 spiro atoms. The zero-order chi connectivity index (χ0) is 33.0. The molecule has 3 N–H and O–H groups in total. The van der Waals surface area contributed by atoms with Crippen LogP contribution in [-0.2, 0) is 26.0 Å². The van der Waals surface area contributed by atoms with Crippen LogP contribution in [0.4, 0.5) is 10.5 Å². The van der Waals surface area contributed by atoms with Crippen molar-refractivity contribution in [3.8, 4) is 11.5 Å². The molecule has 5 rings (SSSR count). The van der Waals surface area contributed by atoms with E-state index in [-0.39, 0.29) is 43.7 Å². The predicted molar refractivity (Wildman–Crippen MR) is 169 cm³/mol. The van der Waals surface area contributed by atoms with Gasteiger partial charge in [0, 0.05) is 24.8 Å². The summed E-state index contributed by atoms with van der Waals surface area (Å²) in [5.41, 5.74) is 1.99. The molecule has 1 fully saturated rings. The van der Waals surface area contributed by atoms with Crippen LogP contribution in [0.2, 0.25) is 0 Å². The third-order valence-electron chi connectivity index (χ3n) is 7.82. The number of aliphatic hydroxyl groups is 2. The van der Waals surface area contributed by atoms with Crippen molar-refractivity contribution in [3.05, 3.63) is 83.9 Å². The van der Waals surface area contributed by atoms with Crippen molar-refractivity contribution in [2.75, 3.05) is 31.3 Å². The maximum absolute atomic E-state index is 13.8. The van der Waals surface area contributed by atoms with Gasteiger partial charge in [-0.05, 0) is 54.7 Å². The maximum atomic E-state index is 13.8. The number of ether oxygens (including phenoxy) is 3. The number of nitrogens with zero attached hydrogens (tertiary/aromatic N) is 2. The molecule has 0 bridgehead atoms. The molecule has 1 unspecified atom stereocenters. The Kier molecular flexibility index (Phi) is 10.2. The molecule has 2 aliphatic heterocycles. The van der Waals surface area contributed by atoms with Crippen molar-refractivity contribution in [1.29, 1.82) is 0 Å². The largest absolute Gasteiger partial charge is 0.454 e. The third kappa shape index (κ3) is 7.61. The SMILES string of the molecule is CC(C)CN(C[C@@H](O)[C@H](Cc1ccccc1)NC(=O)[C@@H]1CN(c2ccc(C(C)O)cc2)C(=O)O1)S(=O)(=O)c1ccc2c(c1)OCO2. The van der Waals surface area contributed by atoms with Crippen LogP contribution in [-0.4, -0.2) is 79.6 Å². The van der Waals surface area contributed by atoms with Gasteiger partial charge in [0.2, 0.25) is 16.8 Å². The van der Waals surface area contributed by atoms with Gasteiger partial charge in [0.1, 0.15) is 0 Å². The number of sulfonamides is 1. The van der Waals surface area contributed by atoms with Crippen LogP contribution < -0.4 is 19.7 Å². The zero-order valence-electron chi connectivity index (χ0n) is 25.9. The Labute approximate surface area is 268 Å². The van der Waals surface area contributed by atoms with Gasteiger partial charge in [-0.15, -0.1) is 0 Å². The van der Waals surface area contributed by atoms with E-state index in [1.165, 1.54) is 27.4 Å². The van der Waals surface area contributed by atoms with Gasteiger partial charge in [-0.2, -0.15) is 4.31 Å². The van der Waals surface area contributed by atoms with Crippen molar-refractivity contribution >= 4 is 27.7 Å².